The Labute approximate surface area is 154 Å². The number of rotatable bonds is 6. The number of nitrogens with zero attached hydrogens (tertiary/aromatic N) is 6. The maximum atomic E-state index is 4.56. The van der Waals surface area contributed by atoms with E-state index in [-0.39, 0.29) is 0 Å². The van der Waals surface area contributed by atoms with Crippen molar-refractivity contribution in [2.45, 2.75) is 63.1 Å². The smallest absolute Gasteiger partial charge is 0.132 e. The van der Waals surface area contributed by atoms with E-state index in [1.54, 1.807) is 6.33 Å². The first kappa shape index (κ1) is 16.1. The van der Waals surface area contributed by atoms with Crippen LogP contribution in [0.1, 0.15) is 55.8 Å². The largest absolute Gasteiger partial charge is 0.350 e. The van der Waals surface area contributed by atoms with Crippen LogP contribution >= 0.6 is 0 Å². The zero-order chi connectivity index (χ0) is 17.3. The van der Waals surface area contributed by atoms with E-state index in [0.29, 0.717) is 18.0 Å². The Bertz CT molecular complexity index is 718. The molecule has 1 aliphatic heterocycles. The molecule has 0 bridgehead atoms. The Balaban J connectivity index is 1.19. The molecule has 6 nitrogen and oxygen atoms in total. The third kappa shape index (κ3) is 3.56. The van der Waals surface area contributed by atoms with E-state index in [1.807, 2.05) is 18.6 Å². The summed E-state index contributed by atoms with van der Waals surface area (Å²) >= 11 is 0. The summed E-state index contributed by atoms with van der Waals surface area (Å²) in [7, 11) is 0. The lowest BCUT2D eigenvalue weighted by Crippen LogP contribution is -2.46. The molecule has 2 aromatic heterocycles. The molecule has 1 saturated heterocycles. The third-order valence-corrected chi connectivity index (χ3v) is 5.80. The van der Waals surface area contributed by atoms with Gasteiger partial charge in [-0.3, -0.25) is 4.90 Å². The van der Waals surface area contributed by atoms with Gasteiger partial charge in [0.25, 0.3) is 0 Å². The number of hydrogen-bond donors (Lipinski definition) is 0. The maximum Gasteiger partial charge on any atom is 0.132 e. The van der Waals surface area contributed by atoms with Crippen LogP contribution in [0.4, 0.5) is 5.82 Å². The monoisotopic (exact) mass is 350 g/mol. The minimum absolute atomic E-state index is 0.599. The fourth-order valence-corrected chi connectivity index (χ4v) is 4.07. The van der Waals surface area contributed by atoms with E-state index in [1.165, 1.54) is 44.1 Å². The van der Waals surface area contributed by atoms with Crippen molar-refractivity contribution in [3.05, 3.63) is 42.4 Å². The van der Waals surface area contributed by atoms with Crippen molar-refractivity contribution in [3.63, 3.8) is 0 Å². The van der Waals surface area contributed by atoms with Gasteiger partial charge in [-0.05, 0) is 44.6 Å². The number of hydrogen-bond acceptors (Lipinski definition) is 6. The zero-order valence-electron chi connectivity index (χ0n) is 15.2. The molecule has 0 spiro atoms. The van der Waals surface area contributed by atoms with Crippen LogP contribution in [0.5, 0.6) is 0 Å². The average Bonchev–Trinajstić information content (AvgIpc) is 3.58. The fourth-order valence-electron chi connectivity index (χ4n) is 4.07. The first-order valence-electron chi connectivity index (χ1n) is 9.94. The van der Waals surface area contributed by atoms with Crippen LogP contribution in [0.3, 0.4) is 0 Å². The van der Waals surface area contributed by atoms with Gasteiger partial charge in [-0.25, -0.2) is 19.9 Å². The Hall–Kier alpha value is -2.08. The number of anilines is 1. The van der Waals surface area contributed by atoms with Crippen molar-refractivity contribution in [2.24, 2.45) is 0 Å². The van der Waals surface area contributed by atoms with E-state index in [0.717, 1.165) is 31.3 Å². The van der Waals surface area contributed by atoms with Crippen molar-refractivity contribution in [2.75, 3.05) is 18.0 Å². The van der Waals surface area contributed by atoms with Crippen LogP contribution in [0.2, 0.25) is 0 Å². The van der Waals surface area contributed by atoms with E-state index < -0.39 is 0 Å². The topological polar surface area (TPSA) is 58.0 Å². The molecule has 3 heterocycles. The molecule has 26 heavy (non-hydrogen) atoms. The highest BCUT2D eigenvalue weighted by Crippen LogP contribution is 2.38. The summed E-state index contributed by atoms with van der Waals surface area (Å²) in [5, 5.41) is 0. The van der Waals surface area contributed by atoms with Crippen molar-refractivity contribution in [1.29, 1.82) is 0 Å². The van der Waals surface area contributed by atoms with Crippen molar-refractivity contribution in [3.8, 4) is 0 Å². The van der Waals surface area contributed by atoms with Gasteiger partial charge in [0.15, 0.2) is 0 Å². The molecule has 2 aliphatic carbocycles. The lowest BCUT2D eigenvalue weighted by atomic mass is 10.0. The molecule has 0 amide bonds. The Kier molecular flexibility index (Phi) is 4.28. The van der Waals surface area contributed by atoms with Crippen LogP contribution in [-0.4, -0.2) is 50.0 Å². The maximum absolute atomic E-state index is 4.56. The minimum atomic E-state index is 0.599. The molecule has 0 unspecified atom stereocenters. The summed E-state index contributed by atoms with van der Waals surface area (Å²) in [5.41, 5.74) is 1.24. The van der Waals surface area contributed by atoms with E-state index >= 15 is 0 Å². The van der Waals surface area contributed by atoms with Crippen LogP contribution in [0.25, 0.3) is 0 Å². The van der Waals surface area contributed by atoms with Gasteiger partial charge in [-0.15, -0.1) is 0 Å². The Morgan fingerprint density at radius 1 is 0.923 bits per heavy atom. The van der Waals surface area contributed by atoms with Gasteiger partial charge in [0, 0.05) is 61.8 Å². The molecule has 0 radical (unpaired) electrons. The molecule has 2 saturated carbocycles. The van der Waals surface area contributed by atoms with Gasteiger partial charge >= 0.3 is 0 Å². The second-order valence-electron chi connectivity index (χ2n) is 7.94. The number of piperidine rings is 1. The third-order valence-electron chi connectivity index (χ3n) is 5.80. The lowest BCUT2D eigenvalue weighted by Gasteiger charge is -2.39. The quantitative estimate of drug-likeness (QED) is 0.798. The molecule has 0 atom stereocenters. The minimum Gasteiger partial charge on any atom is -0.350 e. The van der Waals surface area contributed by atoms with Crippen molar-refractivity contribution < 1.29 is 0 Å². The van der Waals surface area contributed by atoms with E-state index in [4.69, 9.17) is 0 Å². The van der Waals surface area contributed by atoms with Gasteiger partial charge < -0.3 is 4.90 Å². The molecule has 0 N–H and O–H groups in total. The van der Waals surface area contributed by atoms with Crippen LogP contribution in [-0.2, 0) is 6.54 Å². The van der Waals surface area contributed by atoms with Crippen LogP contribution in [0, 0.1) is 0 Å². The van der Waals surface area contributed by atoms with Gasteiger partial charge in [-0.2, -0.15) is 0 Å². The van der Waals surface area contributed by atoms with Crippen molar-refractivity contribution >= 4 is 5.82 Å². The molecule has 3 aliphatic rings. The molecule has 136 valence electrons. The van der Waals surface area contributed by atoms with E-state index in [2.05, 4.69) is 35.8 Å². The number of likely N-dealkylation sites (tertiary alicyclic amines) is 1. The highest BCUT2D eigenvalue weighted by Gasteiger charge is 2.36. The summed E-state index contributed by atoms with van der Waals surface area (Å²) in [6.07, 6.45) is 15.1. The zero-order valence-corrected chi connectivity index (χ0v) is 15.2. The normalized spacial score (nSPS) is 21.7. The van der Waals surface area contributed by atoms with Crippen molar-refractivity contribution in [1.82, 2.24) is 24.8 Å². The molecule has 0 aromatic carbocycles. The predicted octanol–water partition coefficient (Wildman–Crippen LogP) is 2.78. The average molecular weight is 350 g/mol. The summed E-state index contributed by atoms with van der Waals surface area (Å²) in [6, 6.07) is 3.34. The van der Waals surface area contributed by atoms with Crippen LogP contribution in [0.15, 0.2) is 31.0 Å². The van der Waals surface area contributed by atoms with Gasteiger partial charge in [0.05, 0.1) is 0 Å². The van der Waals surface area contributed by atoms with Gasteiger partial charge in [0.2, 0.25) is 0 Å². The molecule has 6 heteroatoms. The molecule has 5 rings (SSSR count). The van der Waals surface area contributed by atoms with Gasteiger partial charge in [-0.1, -0.05) is 0 Å². The Morgan fingerprint density at radius 3 is 2.27 bits per heavy atom. The summed E-state index contributed by atoms with van der Waals surface area (Å²) < 4.78 is 0. The summed E-state index contributed by atoms with van der Waals surface area (Å²) in [6.45, 7) is 3.22. The van der Waals surface area contributed by atoms with Crippen LogP contribution < -0.4 is 4.90 Å². The standard InChI is InChI=1S/C20H26N6/c1-2-16(1)20-22-11-15(12-23-20)13-25-9-6-18(7-10-25)26(17-3-4-17)19-5-8-21-14-24-19/h5,8,11-12,14,16-18H,1-4,6-7,9-10,13H2. The lowest BCUT2D eigenvalue weighted by molar-refractivity contribution is 0.200. The highest BCUT2D eigenvalue weighted by molar-refractivity contribution is 5.41. The summed E-state index contributed by atoms with van der Waals surface area (Å²) in [5.74, 6) is 2.78. The second kappa shape index (κ2) is 6.91. The predicted molar refractivity (Wildman–Crippen MR) is 99.8 cm³/mol. The first-order chi connectivity index (χ1) is 12.9. The Morgan fingerprint density at radius 2 is 1.65 bits per heavy atom. The van der Waals surface area contributed by atoms with E-state index in [9.17, 15) is 0 Å². The SMILES string of the molecule is c1cc(N(C2CC2)C2CCN(Cc3cnc(C4CC4)nc3)CC2)ncn1. The molecule has 2 aromatic rings. The summed E-state index contributed by atoms with van der Waals surface area (Å²) in [4.78, 5) is 22.8. The highest BCUT2D eigenvalue weighted by atomic mass is 15.3. The fraction of sp³-hybridized carbons (Fsp3) is 0.600. The molecule has 3 fully saturated rings. The second-order valence-corrected chi connectivity index (χ2v) is 7.94. The molecular weight excluding hydrogens is 324 g/mol. The molecular formula is C20H26N6. The number of aromatic nitrogens is 4. The first-order valence-corrected chi connectivity index (χ1v) is 9.94. The van der Waals surface area contributed by atoms with Gasteiger partial charge in [0.1, 0.15) is 18.0 Å².